The van der Waals surface area contributed by atoms with E-state index >= 15 is 0 Å². The molecule has 1 saturated heterocycles. The SMILES string of the molecule is CC[C@@]1(c2ccccc2)NC(=O)N(NC(=S)Nc2ccc(F)cc2)C1=O. The van der Waals surface area contributed by atoms with Crippen molar-refractivity contribution in [2.24, 2.45) is 0 Å². The first-order valence-corrected chi connectivity index (χ1v) is 8.42. The van der Waals surface area contributed by atoms with E-state index in [-0.39, 0.29) is 10.9 Å². The third-order valence-corrected chi connectivity index (χ3v) is 4.40. The van der Waals surface area contributed by atoms with Crippen molar-refractivity contribution in [2.75, 3.05) is 5.32 Å². The number of hydrazine groups is 1. The summed E-state index contributed by atoms with van der Waals surface area (Å²) in [4.78, 5) is 25.3. The molecular weight excluding hydrogens is 355 g/mol. The van der Waals surface area contributed by atoms with Crippen LogP contribution in [0.1, 0.15) is 18.9 Å². The van der Waals surface area contributed by atoms with Gasteiger partial charge in [-0.05, 0) is 48.5 Å². The number of nitrogens with one attached hydrogen (secondary N) is 3. The van der Waals surface area contributed by atoms with E-state index in [1.165, 1.54) is 24.3 Å². The molecule has 26 heavy (non-hydrogen) atoms. The fourth-order valence-corrected chi connectivity index (χ4v) is 3.04. The molecule has 1 fully saturated rings. The Bertz CT molecular complexity index is 844. The Morgan fingerprint density at radius 1 is 1.15 bits per heavy atom. The van der Waals surface area contributed by atoms with Crippen molar-refractivity contribution in [1.82, 2.24) is 15.8 Å². The van der Waals surface area contributed by atoms with Gasteiger partial charge in [0.15, 0.2) is 5.11 Å². The van der Waals surface area contributed by atoms with Crippen molar-refractivity contribution in [3.8, 4) is 0 Å². The van der Waals surface area contributed by atoms with Crippen LogP contribution in [0.3, 0.4) is 0 Å². The summed E-state index contributed by atoms with van der Waals surface area (Å²) < 4.78 is 13.0. The second kappa shape index (κ2) is 7.09. The Morgan fingerprint density at radius 2 is 1.81 bits per heavy atom. The fraction of sp³-hybridized carbons (Fsp3) is 0.167. The highest BCUT2D eigenvalue weighted by atomic mass is 32.1. The number of hydrogen-bond acceptors (Lipinski definition) is 3. The van der Waals surface area contributed by atoms with E-state index in [0.29, 0.717) is 17.7 Å². The molecule has 6 nitrogen and oxygen atoms in total. The third kappa shape index (κ3) is 3.23. The zero-order valence-electron chi connectivity index (χ0n) is 14.0. The maximum Gasteiger partial charge on any atom is 0.344 e. The summed E-state index contributed by atoms with van der Waals surface area (Å²) >= 11 is 5.15. The molecule has 0 saturated carbocycles. The van der Waals surface area contributed by atoms with Gasteiger partial charge in [0.2, 0.25) is 0 Å². The summed E-state index contributed by atoms with van der Waals surface area (Å²) in [6.45, 7) is 1.82. The summed E-state index contributed by atoms with van der Waals surface area (Å²) in [5.74, 6) is -0.821. The standard InChI is InChI=1S/C18H17FN4O2S/c1-2-18(12-6-4-3-5-7-12)15(24)23(17(25)21-18)22-16(26)20-14-10-8-13(19)9-11-14/h3-11H,2H2,1H3,(H,21,25)(H2,20,22,26)/t18-/m0/s1. The number of amides is 3. The Balaban J connectivity index is 1.76. The van der Waals surface area contributed by atoms with E-state index in [0.717, 1.165) is 5.01 Å². The van der Waals surface area contributed by atoms with Crippen LogP contribution in [-0.4, -0.2) is 22.1 Å². The number of benzene rings is 2. The number of nitrogens with zero attached hydrogens (tertiary/aromatic N) is 1. The molecule has 0 unspecified atom stereocenters. The van der Waals surface area contributed by atoms with Crippen molar-refractivity contribution in [2.45, 2.75) is 18.9 Å². The van der Waals surface area contributed by atoms with Crippen molar-refractivity contribution < 1.29 is 14.0 Å². The molecule has 1 atom stereocenters. The number of hydrogen-bond donors (Lipinski definition) is 3. The van der Waals surface area contributed by atoms with Crippen molar-refractivity contribution in [1.29, 1.82) is 0 Å². The van der Waals surface area contributed by atoms with Gasteiger partial charge in [-0.2, -0.15) is 5.01 Å². The number of imide groups is 1. The highest BCUT2D eigenvalue weighted by molar-refractivity contribution is 7.80. The van der Waals surface area contributed by atoms with Gasteiger partial charge < -0.3 is 10.6 Å². The van der Waals surface area contributed by atoms with Crippen LogP contribution >= 0.6 is 12.2 Å². The molecule has 1 aliphatic rings. The fourth-order valence-electron chi connectivity index (χ4n) is 2.83. The number of halogens is 1. The maximum atomic E-state index is 13.0. The minimum absolute atomic E-state index is 0.0417. The Kier molecular flexibility index (Phi) is 4.85. The van der Waals surface area contributed by atoms with E-state index < -0.39 is 17.5 Å². The first kappa shape index (κ1) is 17.8. The van der Waals surface area contributed by atoms with Gasteiger partial charge in [-0.3, -0.25) is 10.2 Å². The average molecular weight is 372 g/mol. The molecule has 3 amide bonds. The normalized spacial score (nSPS) is 19.2. The quantitative estimate of drug-likeness (QED) is 0.569. The smallest absolute Gasteiger partial charge is 0.331 e. The zero-order valence-corrected chi connectivity index (χ0v) is 14.8. The summed E-state index contributed by atoms with van der Waals surface area (Å²) in [6.07, 6.45) is 0.387. The second-order valence-electron chi connectivity index (χ2n) is 5.77. The number of rotatable bonds is 4. The van der Waals surface area contributed by atoms with Gasteiger partial charge in [0.1, 0.15) is 11.4 Å². The lowest BCUT2D eigenvalue weighted by Gasteiger charge is -2.25. The minimum atomic E-state index is -1.14. The van der Waals surface area contributed by atoms with Crippen LogP contribution in [0.2, 0.25) is 0 Å². The molecule has 1 aliphatic heterocycles. The lowest BCUT2D eigenvalue weighted by atomic mass is 9.87. The van der Waals surface area contributed by atoms with Crippen LogP contribution in [0.5, 0.6) is 0 Å². The molecule has 0 radical (unpaired) electrons. The predicted molar refractivity (Wildman–Crippen MR) is 99.5 cm³/mol. The molecule has 0 aliphatic carbocycles. The molecule has 0 spiro atoms. The van der Waals surface area contributed by atoms with Gasteiger partial charge in [0.05, 0.1) is 0 Å². The van der Waals surface area contributed by atoms with Crippen LogP contribution < -0.4 is 16.1 Å². The molecule has 2 aromatic carbocycles. The van der Waals surface area contributed by atoms with Crippen LogP contribution in [0, 0.1) is 5.82 Å². The van der Waals surface area contributed by atoms with Crippen molar-refractivity contribution in [3.05, 3.63) is 66.0 Å². The number of carbonyl (C=O) groups is 2. The third-order valence-electron chi connectivity index (χ3n) is 4.20. The first-order chi connectivity index (χ1) is 12.5. The number of thiocarbonyl (C=S) groups is 1. The highest BCUT2D eigenvalue weighted by Crippen LogP contribution is 2.31. The Labute approximate surface area is 155 Å². The number of anilines is 1. The van der Waals surface area contributed by atoms with Crippen LogP contribution in [0.25, 0.3) is 0 Å². The maximum absolute atomic E-state index is 13.0. The van der Waals surface area contributed by atoms with Gasteiger partial charge in [0, 0.05) is 5.69 Å². The minimum Gasteiger partial charge on any atom is -0.331 e. The first-order valence-electron chi connectivity index (χ1n) is 8.01. The lowest BCUT2D eigenvalue weighted by Crippen LogP contribution is -2.49. The summed E-state index contributed by atoms with van der Waals surface area (Å²) in [6, 6.07) is 14.0. The predicted octanol–water partition coefficient (Wildman–Crippen LogP) is 2.88. The molecule has 0 bridgehead atoms. The number of urea groups is 1. The Morgan fingerprint density at radius 3 is 2.42 bits per heavy atom. The number of carbonyl (C=O) groups excluding carboxylic acids is 2. The molecule has 134 valence electrons. The second-order valence-corrected chi connectivity index (χ2v) is 6.18. The van der Waals surface area contributed by atoms with Gasteiger partial charge in [-0.15, -0.1) is 0 Å². The molecule has 1 heterocycles. The van der Waals surface area contributed by atoms with Crippen LogP contribution in [0.15, 0.2) is 54.6 Å². The van der Waals surface area contributed by atoms with E-state index in [2.05, 4.69) is 16.1 Å². The molecule has 3 rings (SSSR count). The van der Waals surface area contributed by atoms with Crippen molar-refractivity contribution in [3.63, 3.8) is 0 Å². The Hall–Kier alpha value is -3.00. The summed E-state index contributed by atoms with van der Waals surface area (Å²) in [5.41, 5.74) is 2.68. The lowest BCUT2D eigenvalue weighted by molar-refractivity contribution is -0.133. The molecule has 3 N–H and O–H groups in total. The monoisotopic (exact) mass is 372 g/mol. The molecule has 8 heteroatoms. The zero-order chi connectivity index (χ0) is 18.7. The summed E-state index contributed by atoms with van der Waals surface area (Å²) in [7, 11) is 0. The van der Waals surface area contributed by atoms with Gasteiger partial charge in [0.25, 0.3) is 5.91 Å². The van der Waals surface area contributed by atoms with E-state index in [1.54, 1.807) is 12.1 Å². The van der Waals surface area contributed by atoms with E-state index in [1.807, 2.05) is 25.1 Å². The highest BCUT2D eigenvalue weighted by Gasteiger charge is 2.51. The molecule has 2 aromatic rings. The molecule has 0 aromatic heterocycles. The van der Waals surface area contributed by atoms with Gasteiger partial charge >= 0.3 is 6.03 Å². The largest absolute Gasteiger partial charge is 0.344 e. The van der Waals surface area contributed by atoms with Crippen molar-refractivity contribution >= 4 is 35.0 Å². The average Bonchev–Trinajstić information content (AvgIpc) is 2.89. The van der Waals surface area contributed by atoms with Crippen LogP contribution in [-0.2, 0) is 10.3 Å². The topological polar surface area (TPSA) is 73.5 Å². The van der Waals surface area contributed by atoms with E-state index in [4.69, 9.17) is 12.2 Å². The molecular formula is C18H17FN4O2S. The van der Waals surface area contributed by atoms with Gasteiger partial charge in [-0.1, -0.05) is 37.3 Å². The summed E-state index contributed by atoms with van der Waals surface area (Å²) in [5, 5.41) is 6.45. The van der Waals surface area contributed by atoms with Gasteiger partial charge in [-0.25, -0.2) is 9.18 Å². The van der Waals surface area contributed by atoms with Crippen LogP contribution in [0.4, 0.5) is 14.9 Å². The van der Waals surface area contributed by atoms with E-state index in [9.17, 15) is 14.0 Å².